The molecule has 3 aromatic rings. The SMILES string of the molecule is CCC(c1ccccc1)C(O)(c1ccccc1)c1ccc(OCCO)cc1. The monoisotopic (exact) mass is 362 g/mol. The molecule has 27 heavy (non-hydrogen) atoms. The summed E-state index contributed by atoms with van der Waals surface area (Å²) in [5.74, 6) is 0.585. The van der Waals surface area contributed by atoms with Crippen LogP contribution >= 0.6 is 0 Å². The standard InChI is InChI=1S/C24H26O3/c1-2-23(19-9-5-3-6-10-19)24(26,20-11-7-4-8-12-20)21-13-15-22(16-14-21)27-18-17-25/h3-16,23,25-26H,2,17-18H2,1H3. The van der Waals surface area contributed by atoms with Crippen LogP contribution in [-0.2, 0) is 5.60 Å². The molecular weight excluding hydrogens is 336 g/mol. The second-order valence-electron chi connectivity index (χ2n) is 6.60. The van der Waals surface area contributed by atoms with E-state index in [-0.39, 0.29) is 19.1 Å². The van der Waals surface area contributed by atoms with Crippen molar-refractivity contribution in [2.45, 2.75) is 24.9 Å². The van der Waals surface area contributed by atoms with Gasteiger partial charge in [-0.2, -0.15) is 0 Å². The van der Waals surface area contributed by atoms with Crippen LogP contribution < -0.4 is 4.74 Å². The molecule has 2 unspecified atom stereocenters. The smallest absolute Gasteiger partial charge is 0.121 e. The van der Waals surface area contributed by atoms with E-state index in [0.29, 0.717) is 5.75 Å². The highest BCUT2D eigenvalue weighted by atomic mass is 16.5. The average Bonchev–Trinajstić information content (AvgIpc) is 2.74. The van der Waals surface area contributed by atoms with Crippen molar-refractivity contribution in [3.05, 3.63) is 102 Å². The number of benzene rings is 3. The van der Waals surface area contributed by atoms with E-state index in [4.69, 9.17) is 9.84 Å². The van der Waals surface area contributed by atoms with Gasteiger partial charge in [0.2, 0.25) is 0 Å². The summed E-state index contributed by atoms with van der Waals surface area (Å²) in [5.41, 5.74) is 1.63. The molecule has 0 radical (unpaired) electrons. The molecule has 0 aromatic heterocycles. The molecule has 0 amide bonds. The topological polar surface area (TPSA) is 49.7 Å². The Morgan fingerprint density at radius 3 is 1.93 bits per heavy atom. The van der Waals surface area contributed by atoms with Crippen LogP contribution in [-0.4, -0.2) is 23.4 Å². The Hall–Kier alpha value is -2.62. The largest absolute Gasteiger partial charge is 0.491 e. The van der Waals surface area contributed by atoms with Crippen LogP contribution in [0.3, 0.4) is 0 Å². The van der Waals surface area contributed by atoms with E-state index < -0.39 is 5.60 Å². The van der Waals surface area contributed by atoms with E-state index in [2.05, 4.69) is 19.1 Å². The van der Waals surface area contributed by atoms with E-state index in [9.17, 15) is 5.11 Å². The second-order valence-corrected chi connectivity index (χ2v) is 6.60. The molecule has 0 bridgehead atoms. The van der Waals surface area contributed by atoms with Crippen LogP contribution in [0.25, 0.3) is 0 Å². The molecule has 0 saturated heterocycles. The lowest BCUT2D eigenvalue weighted by Gasteiger charge is -2.37. The minimum absolute atomic E-state index is 0.0262. The average molecular weight is 362 g/mol. The second kappa shape index (κ2) is 8.85. The quantitative estimate of drug-likeness (QED) is 0.621. The first kappa shape index (κ1) is 19.2. The van der Waals surface area contributed by atoms with Gasteiger partial charge in [-0.15, -0.1) is 0 Å². The van der Waals surface area contributed by atoms with Gasteiger partial charge in [0.15, 0.2) is 0 Å². The van der Waals surface area contributed by atoms with Gasteiger partial charge >= 0.3 is 0 Å². The molecule has 0 aliphatic rings. The van der Waals surface area contributed by atoms with Crippen LogP contribution in [0.1, 0.15) is 36.0 Å². The minimum Gasteiger partial charge on any atom is -0.491 e. The van der Waals surface area contributed by atoms with E-state index in [1.807, 2.05) is 72.8 Å². The number of hydrogen-bond acceptors (Lipinski definition) is 3. The number of rotatable bonds is 8. The zero-order chi connectivity index (χ0) is 19.1. The van der Waals surface area contributed by atoms with Gasteiger partial charge in [-0.25, -0.2) is 0 Å². The van der Waals surface area contributed by atoms with Crippen LogP contribution in [0, 0.1) is 0 Å². The fraction of sp³-hybridized carbons (Fsp3) is 0.250. The van der Waals surface area contributed by atoms with Crippen molar-refractivity contribution < 1.29 is 14.9 Å². The van der Waals surface area contributed by atoms with E-state index in [1.54, 1.807) is 0 Å². The lowest BCUT2D eigenvalue weighted by molar-refractivity contribution is 0.0476. The third kappa shape index (κ3) is 4.05. The van der Waals surface area contributed by atoms with E-state index in [0.717, 1.165) is 23.1 Å². The first-order valence-corrected chi connectivity index (χ1v) is 9.37. The molecule has 3 aromatic carbocycles. The van der Waals surface area contributed by atoms with E-state index >= 15 is 0 Å². The Morgan fingerprint density at radius 1 is 0.815 bits per heavy atom. The highest BCUT2D eigenvalue weighted by Crippen LogP contribution is 2.44. The Morgan fingerprint density at radius 2 is 1.37 bits per heavy atom. The van der Waals surface area contributed by atoms with Crippen LogP contribution in [0.4, 0.5) is 0 Å². The predicted molar refractivity (Wildman–Crippen MR) is 108 cm³/mol. The molecule has 0 fully saturated rings. The molecule has 3 heteroatoms. The lowest BCUT2D eigenvalue weighted by atomic mass is 9.72. The summed E-state index contributed by atoms with van der Waals surface area (Å²) in [6.45, 7) is 2.33. The summed E-state index contributed by atoms with van der Waals surface area (Å²) in [5, 5.41) is 21.0. The van der Waals surface area contributed by atoms with Gasteiger partial charge in [-0.1, -0.05) is 79.7 Å². The number of aliphatic hydroxyl groups is 2. The number of hydrogen-bond donors (Lipinski definition) is 2. The molecule has 0 spiro atoms. The van der Waals surface area contributed by atoms with Crippen molar-refractivity contribution in [2.75, 3.05) is 13.2 Å². The first-order chi connectivity index (χ1) is 13.2. The maximum Gasteiger partial charge on any atom is 0.121 e. The molecule has 3 nitrogen and oxygen atoms in total. The van der Waals surface area contributed by atoms with Crippen molar-refractivity contribution >= 4 is 0 Å². The Bertz CT molecular complexity index is 815. The van der Waals surface area contributed by atoms with Crippen LogP contribution in [0.2, 0.25) is 0 Å². The van der Waals surface area contributed by atoms with Crippen molar-refractivity contribution in [3.63, 3.8) is 0 Å². The third-order valence-corrected chi connectivity index (χ3v) is 4.98. The van der Waals surface area contributed by atoms with E-state index in [1.165, 1.54) is 0 Å². The van der Waals surface area contributed by atoms with Gasteiger partial charge in [-0.3, -0.25) is 0 Å². The van der Waals surface area contributed by atoms with Crippen molar-refractivity contribution in [1.29, 1.82) is 0 Å². The molecule has 0 saturated carbocycles. The Kier molecular flexibility index (Phi) is 6.28. The summed E-state index contributed by atoms with van der Waals surface area (Å²) in [6, 6.07) is 27.5. The fourth-order valence-corrected chi connectivity index (χ4v) is 3.69. The van der Waals surface area contributed by atoms with Gasteiger partial charge in [0.25, 0.3) is 0 Å². The van der Waals surface area contributed by atoms with Gasteiger partial charge in [0.05, 0.1) is 6.61 Å². The molecule has 0 aliphatic carbocycles. The first-order valence-electron chi connectivity index (χ1n) is 9.37. The highest BCUT2D eigenvalue weighted by molar-refractivity contribution is 5.43. The summed E-state index contributed by atoms with van der Waals surface area (Å²) in [7, 11) is 0. The molecule has 3 rings (SSSR count). The molecule has 0 aliphatic heterocycles. The Labute approximate surface area is 160 Å². The minimum atomic E-state index is -1.16. The zero-order valence-electron chi connectivity index (χ0n) is 15.6. The molecular formula is C24H26O3. The maximum absolute atomic E-state index is 12.1. The number of ether oxygens (including phenoxy) is 1. The maximum atomic E-state index is 12.1. The van der Waals surface area contributed by atoms with Crippen LogP contribution in [0.5, 0.6) is 5.75 Å². The Balaban J connectivity index is 2.08. The molecule has 2 atom stereocenters. The van der Waals surface area contributed by atoms with Crippen LogP contribution in [0.15, 0.2) is 84.9 Å². The molecule has 140 valence electrons. The van der Waals surface area contributed by atoms with Crippen molar-refractivity contribution in [1.82, 2.24) is 0 Å². The summed E-state index contributed by atoms with van der Waals surface area (Å²) >= 11 is 0. The zero-order valence-corrected chi connectivity index (χ0v) is 15.6. The van der Waals surface area contributed by atoms with Gasteiger partial charge < -0.3 is 14.9 Å². The number of aliphatic hydroxyl groups excluding tert-OH is 1. The van der Waals surface area contributed by atoms with Gasteiger partial charge in [0, 0.05) is 5.92 Å². The molecule has 0 heterocycles. The predicted octanol–water partition coefficient (Wildman–Crippen LogP) is 4.49. The highest BCUT2D eigenvalue weighted by Gasteiger charge is 2.40. The molecule has 2 N–H and O–H groups in total. The lowest BCUT2D eigenvalue weighted by Crippen LogP contribution is -2.34. The van der Waals surface area contributed by atoms with Crippen molar-refractivity contribution in [3.8, 4) is 5.75 Å². The fourth-order valence-electron chi connectivity index (χ4n) is 3.69. The summed E-state index contributed by atoms with van der Waals surface area (Å²) < 4.78 is 5.47. The normalized spacial score (nSPS) is 14.3. The summed E-state index contributed by atoms with van der Waals surface area (Å²) in [4.78, 5) is 0. The van der Waals surface area contributed by atoms with Gasteiger partial charge in [0.1, 0.15) is 18.0 Å². The third-order valence-electron chi connectivity index (χ3n) is 4.98. The summed E-state index contributed by atoms with van der Waals surface area (Å²) in [6.07, 6.45) is 0.790. The van der Waals surface area contributed by atoms with Crippen molar-refractivity contribution in [2.24, 2.45) is 0 Å². The van der Waals surface area contributed by atoms with Gasteiger partial charge in [-0.05, 0) is 35.2 Å².